The molecule has 1 aliphatic rings. The first kappa shape index (κ1) is 12.7. The molecular weight excluding hydrogens is 262 g/mol. The van der Waals surface area contributed by atoms with Crippen LogP contribution in [0.5, 0.6) is 0 Å². The number of carboxylic acid groups (broad SMARTS) is 1. The molecule has 8 heteroatoms. The highest BCUT2D eigenvalue weighted by Crippen LogP contribution is 2.12. The topological polar surface area (TPSA) is 92.6 Å². The average Bonchev–Trinajstić information content (AvgIpc) is 2.39. The van der Waals surface area contributed by atoms with E-state index in [4.69, 9.17) is 21.4 Å². The summed E-state index contributed by atoms with van der Waals surface area (Å²) >= 11 is 5.57. The number of rotatable bonds is 2. The molecule has 1 saturated heterocycles. The molecule has 1 aromatic heterocycles. The zero-order chi connectivity index (χ0) is 13.1. The minimum absolute atomic E-state index is 0.0257. The number of halogens is 1. The summed E-state index contributed by atoms with van der Waals surface area (Å²) in [4.78, 5) is 24.3. The van der Waals surface area contributed by atoms with Crippen LogP contribution in [0, 0.1) is 0 Å². The number of ether oxygens (including phenoxy) is 1. The van der Waals surface area contributed by atoms with Gasteiger partial charge in [-0.1, -0.05) is 11.6 Å². The zero-order valence-electron chi connectivity index (χ0n) is 9.24. The SMILES string of the molecule is O=C(O)C1COCCN1C(=O)c1ccc(Cl)nn1. The van der Waals surface area contributed by atoms with Gasteiger partial charge >= 0.3 is 5.97 Å². The Balaban J connectivity index is 2.20. The van der Waals surface area contributed by atoms with Gasteiger partial charge in [-0.15, -0.1) is 10.2 Å². The van der Waals surface area contributed by atoms with Crippen LogP contribution in [-0.4, -0.2) is 57.9 Å². The van der Waals surface area contributed by atoms with E-state index in [-0.39, 0.29) is 24.0 Å². The lowest BCUT2D eigenvalue weighted by molar-refractivity contribution is -0.147. The minimum atomic E-state index is -1.11. The van der Waals surface area contributed by atoms with Crippen molar-refractivity contribution in [2.45, 2.75) is 6.04 Å². The molecule has 0 saturated carbocycles. The molecule has 1 fully saturated rings. The fraction of sp³-hybridized carbons (Fsp3) is 0.400. The minimum Gasteiger partial charge on any atom is -0.480 e. The van der Waals surface area contributed by atoms with E-state index in [1.165, 1.54) is 17.0 Å². The van der Waals surface area contributed by atoms with Gasteiger partial charge in [0.25, 0.3) is 5.91 Å². The van der Waals surface area contributed by atoms with E-state index in [0.717, 1.165) is 0 Å². The summed E-state index contributed by atoms with van der Waals surface area (Å²) in [5.41, 5.74) is 0.0625. The molecule has 1 aliphatic heterocycles. The van der Waals surface area contributed by atoms with E-state index in [1.54, 1.807) is 0 Å². The number of carbonyl (C=O) groups is 2. The number of aliphatic carboxylic acids is 1. The second-order valence-electron chi connectivity index (χ2n) is 3.67. The Morgan fingerprint density at radius 2 is 2.22 bits per heavy atom. The lowest BCUT2D eigenvalue weighted by Crippen LogP contribution is -2.52. The van der Waals surface area contributed by atoms with Crippen molar-refractivity contribution in [1.82, 2.24) is 15.1 Å². The first-order valence-electron chi connectivity index (χ1n) is 5.20. The van der Waals surface area contributed by atoms with Crippen LogP contribution in [-0.2, 0) is 9.53 Å². The normalized spacial score (nSPS) is 19.6. The van der Waals surface area contributed by atoms with Crippen molar-refractivity contribution < 1.29 is 19.4 Å². The van der Waals surface area contributed by atoms with Gasteiger partial charge in [-0.05, 0) is 12.1 Å². The molecule has 18 heavy (non-hydrogen) atoms. The van der Waals surface area contributed by atoms with Crippen molar-refractivity contribution in [1.29, 1.82) is 0 Å². The fourth-order valence-corrected chi connectivity index (χ4v) is 1.73. The third-order valence-electron chi connectivity index (χ3n) is 2.53. The highest BCUT2D eigenvalue weighted by molar-refractivity contribution is 6.29. The summed E-state index contributed by atoms with van der Waals surface area (Å²) < 4.78 is 5.05. The smallest absolute Gasteiger partial charge is 0.328 e. The van der Waals surface area contributed by atoms with Crippen LogP contribution in [0.4, 0.5) is 0 Å². The third kappa shape index (κ3) is 2.57. The summed E-state index contributed by atoms with van der Waals surface area (Å²) in [6.45, 7) is 0.485. The molecule has 1 N–H and O–H groups in total. The quantitative estimate of drug-likeness (QED) is 0.817. The average molecular weight is 272 g/mol. The first-order valence-corrected chi connectivity index (χ1v) is 5.58. The predicted octanol–water partition coefficient (Wildman–Crippen LogP) is 0.0556. The van der Waals surface area contributed by atoms with Gasteiger partial charge in [0.2, 0.25) is 0 Å². The number of hydrogen-bond acceptors (Lipinski definition) is 5. The Morgan fingerprint density at radius 1 is 1.44 bits per heavy atom. The van der Waals surface area contributed by atoms with Crippen LogP contribution in [0.15, 0.2) is 12.1 Å². The summed E-state index contributed by atoms with van der Waals surface area (Å²) in [6.07, 6.45) is 0. The maximum Gasteiger partial charge on any atom is 0.328 e. The number of nitrogens with zero attached hydrogens (tertiary/aromatic N) is 3. The monoisotopic (exact) mass is 271 g/mol. The summed E-state index contributed by atoms with van der Waals surface area (Å²) in [5.74, 6) is -1.60. The molecule has 0 bridgehead atoms. The molecule has 96 valence electrons. The zero-order valence-corrected chi connectivity index (χ0v) is 10.0. The second kappa shape index (κ2) is 5.28. The lowest BCUT2D eigenvalue weighted by Gasteiger charge is -2.32. The van der Waals surface area contributed by atoms with E-state index in [9.17, 15) is 9.59 Å². The van der Waals surface area contributed by atoms with Gasteiger partial charge in [-0.2, -0.15) is 0 Å². The molecule has 2 heterocycles. The van der Waals surface area contributed by atoms with Crippen LogP contribution < -0.4 is 0 Å². The van der Waals surface area contributed by atoms with Gasteiger partial charge in [0.15, 0.2) is 16.9 Å². The molecule has 0 aliphatic carbocycles. The number of morpholine rings is 1. The molecular formula is C10H10ClN3O4. The molecule has 7 nitrogen and oxygen atoms in total. The molecule has 2 rings (SSSR count). The number of carboxylic acids is 1. The Morgan fingerprint density at radius 3 is 2.83 bits per heavy atom. The predicted molar refractivity (Wildman–Crippen MR) is 60.3 cm³/mol. The van der Waals surface area contributed by atoms with Gasteiger partial charge in [-0.3, -0.25) is 4.79 Å². The summed E-state index contributed by atoms with van der Waals surface area (Å²) in [7, 11) is 0. The second-order valence-corrected chi connectivity index (χ2v) is 4.06. The van der Waals surface area contributed by atoms with Crippen LogP contribution in [0.1, 0.15) is 10.5 Å². The molecule has 0 radical (unpaired) electrons. The van der Waals surface area contributed by atoms with Crippen LogP contribution in [0.2, 0.25) is 5.15 Å². The number of aromatic nitrogens is 2. The number of carbonyl (C=O) groups excluding carboxylic acids is 1. The van der Waals surface area contributed by atoms with Crippen molar-refractivity contribution in [3.05, 3.63) is 23.0 Å². The lowest BCUT2D eigenvalue weighted by atomic mass is 10.2. The fourth-order valence-electron chi connectivity index (χ4n) is 1.63. The molecule has 0 spiro atoms. The summed E-state index contributed by atoms with van der Waals surface area (Å²) in [6, 6.07) is 1.84. The van der Waals surface area contributed by atoms with Crippen molar-refractivity contribution in [2.24, 2.45) is 0 Å². The maximum atomic E-state index is 12.1. The third-order valence-corrected chi connectivity index (χ3v) is 2.73. The Bertz CT molecular complexity index is 465. The number of amides is 1. The van der Waals surface area contributed by atoms with E-state index in [1.807, 2.05) is 0 Å². The van der Waals surface area contributed by atoms with Crippen molar-refractivity contribution in [3.8, 4) is 0 Å². The largest absolute Gasteiger partial charge is 0.480 e. The van der Waals surface area contributed by atoms with E-state index in [0.29, 0.717) is 6.61 Å². The summed E-state index contributed by atoms with van der Waals surface area (Å²) in [5, 5.41) is 16.4. The van der Waals surface area contributed by atoms with Gasteiger partial charge in [-0.25, -0.2) is 4.79 Å². The van der Waals surface area contributed by atoms with E-state index in [2.05, 4.69) is 10.2 Å². The van der Waals surface area contributed by atoms with Gasteiger partial charge in [0.1, 0.15) is 0 Å². The Kier molecular flexibility index (Phi) is 3.73. The Labute approximate surface area is 107 Å². The van der Waals surface area contributed by atoms with Crippen LogP contribution >= 0.6 is 11.6 Å². The maximum absolute atomic E-state index is 12.1. The van der Waals surface area contributed by atoms with Gasteiger partial charge in [0, 0.05) is 6.54 Å². The standard InChI is InChI=1S/C10H10ClN3O4/c11-8-2-1-6(12-13-8)9(15)14-3-4-18-5-7(14)10(16)17/h1-2,7H,3-5H2,(H,16,17). The Hall–Kier alpha value is -1.73. The highest BCUT2D eigenvalue weighted by Gasteiger charge is 2.33. The van der Waals surface area contributed by atoms with Crippen LogP contribution in [0.25, 0.3) is 0 Å². The molecule has 0 aromatic carbocycles. The highest BCUT2D eigenvalue weighted by atomic mass is 35.5. The van der Waals surface area contributed by atoms with Gasteiger partial charge < -0.3 is 14.7 Å². The van der Waals surface area contributed by atoms with E-state index < -0.39 is 17.9 Å². The van der Waals surface area contributed by atoms with E-state index >= 15 is 0 Å². The molecule has 1 atom stereocenters. The van der Waals surface area contributed by atoms with Crippen molar-refractivity contribution >= 4 is 23.5 Å². The molecule has 1 amide bonds. The number of hydrogen-bond donors (Lipinski definition) is 1. The van der Waals surface area contributed by atoms with Crippen molar-refractivity contribution in [2.75, 3.05) is 19.8 Å². The van der Waals surface area contributed by atoms with Gasteiger partial charge in [0.05, 0.1) is 13.2 Å². The first-order chi connectivity index (χ1) is 8.59. The van der Waals surface area contributed by atoms with Crippen molar-refractivity contribution in [3.63, 3.8) is 0 Å². The molecule has 1 aromatic rings. The van der Waals surface area contributed by atoms with Crippen LogP contribution in [0.3, 0.4) is 0 Å². The molecule has 1 unspecified atom stereocenters.